The van der Waals surface area contributed by atoms with Gasteiger partial charge in [-0.3, -0.25) is 4.90 Å². The summed E-state index contributed by atoms with van der Waals surface area (Å²) in [7, 11) is 0. The van der Waals surface area contributed by atoms with E-state index < -0.39 is 0 Å². The molecule has 0 aromatic carbocycles. The maximum Gasteiger partial charge on any atom is 0.0363 e. The molecule has 0 aliphatic carbocycles. The van der Waals surface area contributed by atoms with Crippen LogP contribution in [0.5, 0.6) is 0 Å². The van der Waals surface area contributed by atoms with E-state index in [1.54, 1.807) is 0 Å². The molecule has 0 amide bonds. The summed E-state index contributed by atoms with van der Waals surface area (Å²) in [4.78, 5) is 5.29. The highest BCUT2D eigenvalue weighted by molar-refractivity contribution is 5.06. The van der Waals surface area contributed by atoms with Crippen LogP contribution in [0.15, 0.2) is 0 Å². The van der Waals surface area contributed by atoms with Gasteiger partial charge in [0.25, 0.3) is 0 Å². The predicted molar refractivity (Wildman–Crippen MR) is 67.3 cm³/mol. The second-order valence-electron chi connectivity index (χ2n) is 4.88. The van der Waals surface area contributed by atoms with Crippen LogP contribution in [-0.2, 0) is 0 Å². The van der Waals surface area contributed by atoms with Crippen molar-refractivity contribution in [2.24, 2.45) is 0 Å². The van der Waals surface area contributed by atoms with Crippen molar-refractivity contribution in [2.45, 2.75) is 59.0 Å². The molecule has 15 heavy (non-hydrogen) atoms. The SMILES string of the molecule is CC.CCN1CCC2(CCN2C(C)C)C1. The molecule has 0 aromatic rings. The largest absolute Gasteiger partial charge is 0.302 e. The molecule has 2 aliphatic rings. The second kappa shape index (κ2) is 5.31. The molecule has 1 spiro atoms. The maximum absolute atomic E-state index is 2.70. The highest BCUT2D eigenvalue weighted by atomic mass is 15.3. The highest BCUT2D eigenvalue weighted by Gasteiger charge is 2.49. The van der Waals surface area contributed by atoms with E-state index in [9.17, 15) is 0 Å². The summed E-state index contributed by atoms with van der Waals surface area (Å²) in [5.41, 5.74) is 0.587. The van der Waals surface area contributed by atoms with E-state index in [1.165, 1.54) is 39.0 Å². The first kappa shape index (κ1) is 13.0. The van der Waals surface area contributed by atoms with E-state index >= 15 is 0 Å². The zero-order valence-corrected chi connectivity index (χ0v) is 11.2. The molecule has 1 atom stereocenters. The third-order valence-electron chi connectivity index (χ3n) is 3.91. The molecule has 90 valence electrons. The fourth-order valence-electron chi connectivity index (χ4n) is 3.01. The first-order chi connectivity index (χ1) is 7.18. The summed E-state index contributed by atoms with van der Waals surface area (Å²) in [6, 6.07) is 0.741. The number of likely N-dealkylation sites (N-methyl/N-ethyl adjacent to an activating group) is 1. The molecule has 0 aromatic heterocycles. The van der Waals surface area contributed by atoms with Crippen molar-refractivity contribution in [1.29, 1.82) is 0 Å². The monoisotopic (exact) mass is 212 g/mol. The molecular weight excluding hydrogens is 184 g/mol. The molecule has 2 heteroatoms. The molecule has 2 heterocycles. The Balaban J connectivity index is 0.000000531. The van der Waals surface area contributed by atoms with Crippen LogP contribution in [-0.4, -0.2) is 47.6 Å². The normalized spacial score (nSPS) is 31.6. The lowest BCUT2D eigenvalue weighted by molar-refractivity contribution is -0.0317. The standard InChI is InChI=1S/C11H22N2.C2H6/c1-4-12-7-5-11(9-12)6-8-13(11)10(2)3;1-2/h10H,4-9H2,1-3H3;1-2H3. The molecule has 2 saturated heterocycles. The van der Waals surface area contributed by atoms with Gasteiger partial charge in [0.05, 0.1) is 0 Å². The fourth-order valence-corrected chi connectivity index (χ4v) is 3.01. The summed E-state index contributed by atoms with van der Waals surface area (Å²) in [6.07, 6.45) is 2.83. The van der Waals surface area contributed by atoms with Crippen LogP contribution in [0, 0.1) is 0 Å². The van der Waals surface area contributed by atoms with E-state index in [-0.39, 0.29) is 0 Å². The topological polar surface area (TPSA) is 6.48 Å². The van der Waals surface area contributed by atoms with Gasteiger partial charge in [-0.2, -0.15) is 0 Å². The molecule has 2 nitrogen and oxygen atoms in total. The van der Waals surface area contributed by atoms with Crippen molar-refractivity contribution in [2.75, 3.05) is 26.2 Å². The van der Waals surface area contributed by atoms with Crippen molar-refractivity contribution in [3.8, 4) is 0 Å². The minimum absolute atomic E-state index is 0.587. The third kappa shape index (κ3) is 2.36. The molecule has 0 saturated carbocycles. The maximum atomic E-state index is 2.70. The number of hydrogen-bond acceptors (Lipinski definition) is 2. The van der Waals surface area contributed by atoms with Crippen LogP contribution in [0.3, 0.4) is 0 Å². The lowest BCUT2D eigenvalue weighted by atomic mass is 9.82. The van der Waals surface area contributed by atoms with Crippen LogP contribution in [0.25, 0.3) is 0 Å². The molecule has 0 bridgehead atoms. The van der Waals surface area contributed by atoms with Crippen LogP contribution in [0.1, 0.15) is 47.5 Å². The lowest BCUT2D eigenvalue weighted by Gasteiger charge is -2.53. The van der Waals surface area contributed by atoms with Crippen LogP contribution in [0.4, 0.5) is 0 Å². The molecule has 0 N–H and O–H groups in total. The summed E-state index contributed by atoms with van der Waals surface area (Å²) in [5.74, 6) is 0. The molecule has 0 radical (unpaired) electrons. The quantitative estimate of drug-likeness (QED) is 0.694. The highest BCUT2D eigenvalue weighted by Crippen LogP contribution is 2.40. The smallest absolute Gasteiger partial charge is 0.0363 e. The van der Waals surface area contributed by atoms with Crippen molar-refractivity contribution < 1.29 is 0 Å². The summed E-state index contributed by atoms with van der Waals surface area (Å²) in [6.45, 7) is 16.1. The Hall–Kier alpha value is -0.0800. The number of nitrogens with zero attached hydrogens (tertiary/aromatic N) is 2. The van der Waals surface area contributed by atoms with Gasteiger partial charge in [0.2, 0.25) is 0 Å². The fraction of sp³-hybridized carbons (Fsp3) is 1.00. The van der Waals surface area contributed by atoms with Gasteiger partial charge >= 0.3 is 0 Å². The zero-order valence-electron chi connectivity index (χ0n) is 11.2. The summed E-state index contributed by atoms with van der Waals surface area (Å²) in [5, 5.41) is 0. The minimum Gasteiger partial charge on any atom is -0.302 e. The van der Waals surface area contributed by atoms with E-state index in [0.717, 1.165) is 6.04 Å². The predicted octanol–water partition coefficient (Wildman–Crippen LogP) is 2.59. The Morgan fingerprint density at radius 1 is 1.13 bits per heavy atom. The molecule has 1 unspecified atom stereocenters. The average Bonchev–Trinajstić information content (AvgIpc) is 2.64. The Morgan fingerprint density at radius 2 is 1.73 bits per heavy atom. The van der Waals surface area contributed by atoms with Gasteiger partial charge in [0.15, 0.2) is 0 Å². The van der Waals surface area contributed by atoms with Crippen molar-refractivity contribution in [3.05, 3.63) is 0 Å². The van der Waals surface area contributed by atoms with Gasteiger partial charge in [0, 0.05) is 31.2 Å². The van der Waals surface area contributed by atoms with Gasteiger partial charge in [-0.25, -0.2) is 0 Å². The first-order valence-corrected chi connectivity index (χ1v) is 6.67. The Bertz CT molecular complexity index is 191. The number of rotatable bonds is 2. The molecule has 2 aliphatic heterocycles. The van der Waals surface area contributed by atoms with E-state index in [1.807, 2.05) is 13.8 Å². The number of hydrogen-bond donors (Lipinski definition) is 0. The zero-order chi connectivity index (χ0) is 11.5. The van der Waals surface area contributed by atoms with Crippen molar-refractivity contribution in [3.63, 3.8) is 0 Å². The Kier molecular flexibility index (Phi) is 4.60. The average molecular weight is 212 g/mol. The van der Waals surface area contributed by atoms with Crippen molar-refractivity contribution >= 4 is 0 Å². The number of likely N-dealkylation sites (tertiary alicyclic amines) is 2. The molecule has 2 rings (SSSR count). The van der Waals surface area contributed by atoms with Gasteiger partial charge in [-0.1, -0.05) is 20.8 Å². The van der Waals surface area contributed by atoms with Crippen LogP contribution in [0.2, 0.25) is 0 Å². The Labute approximate surface area is 95.6 Å². The Morgan fingerprint density at radius 3 is 2.07 bits per heavy atom. The van der Waals surface area contributed by atoms with Crippen molar-refractivity contribution in [1.82, 2.24) is 9.80 Å². The minimum atomic E-state index is 0.587. The molecule has 2 fully saturated rings. The van der Waals surface area contributed by atoms with Gasteiger partial charge < -0.3 is 4.90 Å². The summed E-state index contributed by atoms with van der Waals surface area (Å²) < 4.78 is 0. The van der Waals surface area contributed by atoms with Crippen LogP contribution >= 0.6 is 0 Å². The van der Waals surface area contributed by atoms with Gasteiger partial charge in [0.1, 0.15) is 0 Å². The first-order valence-electron chi connectivity index (χ1n) is 6.67. The van der Waals surface area contributed by atoms with E-state index in [0.29, 0.717) is 5.54 Å². The van der Waals surface area contributed by atoms with Gasteiger partial charge in [-0.15, -0.1) is 0 Å². The molecular formula is C13H28N2. The third-order valence-corrected chi connectivity index (χ3v) is 3.91. The van der Waals surface area contributed by atoms with E-state index in [4.69, 9.17) is 0 Å². The summed E-state index contributed by atoms with van der Waals surface area (Å²) >= 11 is 0. The van der Waals surface area contributed by atoms with E-state index in [2.05, 4.69) is 30.6 Å². The van der Waals surface area contributed by atoms with Crippen LogP contribution < -0.4 is 0 Å². The second-order valence-corrected chi connectivity index (χ2v) is 4.88. The lowest BCUT2D eigenvalue weighted by Crippen LogP contribution is -2.63. The van der Waals surface area contributed by atoms with Gasteiger partial charge in [-0.05, 0) is 33.2 Å².